The van der Waals surface area contributed by atoms with Crippen molar-refractivity contribution in [3.8, 4) is 5.75 Å². The molecule has 1 aliphatic rings. The highest BCUT2D eigenvalue weighted by atomic mass is 127. The first-order valence-electron chi connectivity index (χ1n) is 7.94. The number of benzene rings is 2. The molecule has 0 spiro atoms. The highest BCUT2D eigenvalue weighted by Gasteiger charge is 2.24. The largest absolute Gasteiger partial charge is 0.493 e. The molecule has 2 aromatic rings. The summed E-state index contributed by atoms with van der Waals surface area (Å²) in [5.41, 5.74) is 2.84. The van der Waals surface area contributed by atoms with Crippen molar-refractivity contribution in [2.45, 2.75) is 13.8 Å². The van der Waals surface area contributed by atoms with E-state index < -0.39 is 0 Å². The zero-order valence-corrected chi connectivity index (χ0v) is 18.7. The average molecular weight is 543 g/mol. The number of hydrogen-bond donors (Lipinski definition) is 1. The Morgan fingerprint density at radius 3 is 2.81 bits per heavy atom. The molecule has 1 N–H and O–H groups in total. The summed E-state index contributed by atoms with van der Waals surface area (Å²) in [4.78, 5) is 17.4. The van der Waals surface area contributed by atoms with E-state index in [0.717, 1.165) is 30.6 Å². The number of amidine groups is 1. The number of carbonyl (C=O) groups excluding carboxylic acids is 1. The van der Waals surface area contributed by atoms with Crippen molar-refractivity contribution in [2.24, 2.45) is 4.99 Å². The molecule has 0 aliphatic carbocycles. The maximum atomic E-state index is 12.3. The fourth-order valence-electron chi connectivity index (χ4n) is 2.37. The minimum Gasteiger partial charge on any atom is -0.493 e. The van der Waals surface area contributed by atoms with E-state index in [9.17, 15) is 4.79 Å². The molecule has 3 rings (SSSR count). The van der Waals surface area contributed by atoms with Gasteiger partial charge in [0.25, 0.3) is 5.91 Å². The first kappa shape index (κ1) is 19.4. The molecule has 26 heavy (non-hydrogen) atoms. The summed E-state index contributed by atoms with van der Waals surface area (Å²) < 4.78 is 7.57. The second kappa shape index (κ2) is 8.58. The Bertz CT molecular complexity index is 928. The van der Waals surface area contributed by atoms with E-state index in [2.05, 4.69) is 48.8 Å². The number of nitrogens with one attached hydrogen (secondary N) is 1. The molecule has 2 aromatic carbocycles. The summed E-state index contributed by atoms with van der Waals surface area (Å²) in [5, 5.41) is 3.42. The molecule has 7 heteroatoms. The van der Waals surface area contributed by atoms with Crippen molar-refractivity contribution in [3.63, 3.8) is 0 Å². The molecule has 0 atom stereocenters. The van der Waals surface area contributed by atoms with Crippen molar-refractivity contribution in [1.29, 1.82) is 0 Å². The molecule has 0 unspecified atom stereocenters. The third-order valence-electron chi connectivity index (χ3n) is 3.59. The Morgan fingerprint density at radius 1 is 1.31 bits per heavy atom. The molecular formula is C19H16BrIN2O2S. The highest BCUT2D eigenvalue weighted by molar-refractivity contribution is 14.1. The Kier molecular flexibility index (Phi) is 6.42. The van der Waals surface area contributed by atoms with E-state index in [4.69, 9.17) is 4.74 Å². The van der Waals surface area contributed by atoms with Gasteiger partial charge in [0, 0.05) is 4.47 Å². The van der Waals surface area contributed by atoms with Gasteiger partial charge in [0.15, 0.2) is 5.17 Å². The third-order valence-corrected chi connectivity index (χ3v) is 5.83. The highest BCUT2D eigenvalue weighted by Crippen LogP contribution is 2.31. The van der Waals surface area contributed by atoms with E-state index in [-0.39, 0.29) is 5.91 Å². The average Bonchev–Trinajstić information content (AvgIpc) is 2.92. The first-order valence-corrected chi connectivity index (χ1v) is 10.6. The zero-order valence-electron chi connectivity index (χ0n) is 14.2. The van der Waals surface area contributed by atoms with Crippen molar-refractivity contribution in [2.75, 3.05) is 6.61 Å². The van der Waals surface area contributed by atoms with Crippen LogP contribution in [0.1, 0.15) is 18.1 Å². The molecule has 134 valence electrons. The van der Waals surface area contributed by atoms with Crippen LogP contribution in [0.2, 0.25) is 0 Å². The van der Waals surface area contributed by atoms with Crippen LogP contribution >= 0.6 is 50.3 Å². The molecule has 0 aromatic heterocycles. The lowest BCUT2D eigenvalue weighted by molar-refractivity contribution is -0.115. The molecule has 0 radical (unpaired) electrons. The second-order valence-corrected chi connectivity index (χ2v) is 8.64. The standard InChI is InChI=1S/C19H16BrIN2O2S/c1-3-25-16-7-4-12(9-14(16)21)10-17-18(24)23-19(26-17)22-15-6-5-13(20)8-11(15)2/h4-10H,3H2,1-2H3,(H,22,23,24)/b17-10-. The van der Waals surface area contributed by atoms with Gasteiger partial charge in [0.2, 0.25) is 0 Å². The molecule has 0 saturated carbocycles. The molecule has 1 amide bonds. The number of halogens is 2. The van der Waals surface area contributed by atoms with Gasteiger partial charge in [-0.25, -0.2) is 4.99 Å². The summed E-state index contributed by atoms with van der Waals surface area (Å²) in [7, 11) is 0. The van der Waals surface area contributed by atoms with Crippen LogP contribution in [0.25, 0.3) is 6.08 Å². The first-order chi connectivity index (χ1) is 12.5. The van der Waals surface area contributed by atoms with E-state index in [1.54, 1.807) is 0 Å². The molecule has 4 nitrogen and oxygen atoms in total. The molecule has 1 fully saturated rings. The van der Waals surface area contributed by atoms with Crippen molar-refractivity contribution in [3.05, 3.63) is 60.5 Å². The van der Waals surface area contributed by atoms with Crippen LogP contribution in [0.4, 0.5) is 5.69 Å². The van der Waals surface area contributed by atoms with Gasteiger partial charge >= 0.3 is 0 Å². The van der Waals surface area contributed by atoms with Gasteiger partial charge in [-0.3, -0.25) is 4.79 Å². The third kappa shape index (κ3) is 4.69. The van der Waals surface area contributed by atoms with E-state index in [1.165, 1.54) is 11.8 Å². The van der Waals surface area contributed by atoms with Gasteiger partial charge in [-0.15, -0.1) is 0 Å². The van der Waals surface area contributed by atoms with E-state index in [0.29, 0.717) is 16.7 Å². The van der Waals surface area contributed by atoms with E-state index >= 15 is 0 Å². The number of nitrogens with zero attached hydrogens (tertiary/aromatic N) is 1. The molecule has 1 aliphatic heterocycles. The lowest BCUT2D eigenvalue weighted by atomic mass is 10.2. The van der Waals surface area contributed by atoms with Crippen molar-refractivity contribution < 1.29 is 9.53 Å². The minimum absolute atomic E-state index is 0.132. The van der Waals surface area contributed by atoms with Gasteiger partial charge in [0.1, 0.15) is 5.75 Å². The summed E-state index contributed by atoms with van der Waals surface area (Å²) in [5.74, 6) is 0.721. The van der Waals surface area contributed by atoms with Crippen LogP contribution in [0.15, 0.2) is 50.8 Å². The summed E-state index contributed by atoms with van der Waals surface area (Å²) >= 11 is 7.03. The summed E-state index contributed by atoms with van der Waals surface area (Å²) in [6, 6.07) is 11.7. The van der Waals surface area contributed by atoms with Gasteiger partial charge in [0.05, 0.1) is 20.8 Å². The molecule has 1 saturated heterocycles. The predicted octanol–water partition coefficient (Wildman–Crippen LogP) is 5.65. The van der Waals surface area contributed by atoms with Crippen LogP contribution in [-0.2, 0) is 4.79 Å². The lowest BCUT2D eigenvalue weighted by Gasteiger charge is -2.06. The van der Waals surface area contributed by atoms with Crippen LogP contribution in [0, 0.1) is 10.5 Å². The summed E-state index contributed by atoms with van der Waals surface area (Å²) in [6.07, 6.45) is 1.87. The number of aryl methyl sites for hydroxylation is 1. The number of aliphatic imine (C=N–C) groups is 1. The fourth-order valence-corrected chi connectivity index (χ4v) is 4.37. The quantitative estimate of drug-likeness (QED) is 0.401. The fraction of sp³-hybridized carbons (Fsp3) is 0.158. The lowest BCUT2D eigenvalue weighted by Crippen LogP contribution is -2.19. The Hall–Kier alpha value is -1.32. The Morgan fingerprint density at radius 2 is 2.12 bits per heavy atom. The molecule has 0 bridgehead atoms. The van der Waals surface area contributed by atoms with Crippen LogP contribution in [0.5, 0.6) is 5.75 Å². The normalized spacial score (nSPS) is 17.0. The van der Waals surface area contributed by atoms with Gasteiger partial charge in [-0.1, -0.05) is 22.0 Å². The SMILES string of the molecule is CCOc1ccc(/C=C2\SC(=Nc3ccc(Br)cc3C)NC2=O)cc1I. The molecule has 1 heterocycles. The Labute approximate surface area is 178 Å². The second-order valence-electron chi connectivity index (χ2n) is 5.54. The van der Waals surface area contributed by atoms with Crippen LogP contribution < -0.4 is 10.1 Å². The number of carbonyl (C=O) groups is 1. The number of rotatable bonds is 4. The van der Waals surface area contributed by atoms with Crippen molar-refractivity contribution in [1.82, 2.24) is 5.32 Å². The maximum Gasteiger partial charge on any atom is 0.264 e. The van der Waals surface area contributed by atoms with Gasteiger partial charge in [-0.05, 0) is 95.7 Å². The number of thioether (sulfide) groups is 1. The maximum absolute atomic E-state index is 12.3. The summed E-state index contributed by atoms with van der Waals surface area (Å²) in [6.45, 7) is 4.58. The topological polar surface area (TPSA) is 50.7 Å². The minimum atomic E-state index is -0.132. The van der Waals surface area contributed by atoms with Crippen LogP contribution in [-0.4, -0.2) is 17.7 Å². The van der Waals surface area contributed by atoms with E-state index in [1.807, 2.05) is 56.3 Å². The van der Waals surface area contributed by atoms with Crippen LogP contribution in [0.3, 0.4) is 0 Å². The van der Waals surface area contributed by atoms with Crippen molar-refractivity contribution >= 4 is 73.1 Å². The van der Waals surface area contributed by atoms with Gasteiger partial charge in [-0.2, -0.15) is 0 Å². The predicted molar refractivity (Wildman–Crippen MR) is 120 cm³/mol. The molecular weight excluding hydrogens is 527 g/mol. The monoisotopic (exact) mass is 542 g/mol. The van der Waals surface area contributed by atoms with Gasteiger partial charge < -0.3 is 10.1 Å². The smallest absolute Gasteiger partial charge is 0.264 e. The number of amides is 1. The number of hydrogen-bond acceptors (Lipinski definition) is 4. The zero-order chi connectivity index (χ0) is 18.7. The number of ether oxygens (including phenoxy) is 1. The Balaban J connectivity index is 1.82.